The quantitative estimate of drug-likeness (QED) is 0.456. The van der Waals surface area contributed by atoms with E-state index in [1.807, 2.05) is 20.8 Å². The molecule has 0 aromatic heterocycles. The van der Waals surface area contributed by atoms with Crippen LogP contribution >= 0.6 is 0 Å². The van der Waals surface area contributed by atoms with Crippen molar-refractivity contribution in [3.05, 3.63) is 11.6 Å². The van der Waals surface area contributed by atoms with E-state index >= 15 is 0 Å². The molecule has 21 heavy (non-hydrogen) atoms. The second kappa shape index (κ2) is 10.4. The summed E-state index contributed by atoms with van der Waals surface area (Å²) >= 11 is 0. The lowest BCUT2D eigenvalue weighted by atomic mass is 10.0. The molecule has 0 unspecified atom stereocenters. The number of hydrogen-bond acceptors (Lipinski definition) is 4. The second-order valence-electron chi connectivity index (χ2n) is 5.85. The molecule has 0 radical (unpaired) electrons. The minimum atomic E-state index is -0.411. The third kappa shape index (κ3) is 10.1. The van der Waals surface area contributed by atoms with Gasteiger partial charge in [-0.2, -0.15) is 0 Å². The maximum Gasteiger partial charge on any atom is 0.410 e. The molecule has 1 aliphatic rings. The largest absolute Gasteiger partial charge is 0.444 e. The third-order valence-electron chi connectivity index (χ3n) is 2.81. The fourth-order valence-corrected chi connectivity index (χ4v) is 1.89. The van der Waals surface area contributed by atoms with E-state index in [2.05, 4.69) is 6.08 Å². The van der Waals surface area contributed by atoms with Crippen molar-refractivity contribution >= 4 is 12.4 Å². The van der Waals surface area contributed by atoms with Crippen LogP contribution in [0.3, 0.4) is 0 Å². The lowest BCUT2D eigenvalue weighted by Crippen LogP contribution is -2.40. The fraction of sp³-hybridized carbons (Fsp3) is 0.750. The average molecular weight is 299 g/mol. The van der Waals surface area contributed by atoms with Gasteiger partial charge in [-0.1, -0.05) is 11.6 Å². The van der Waals surface area contributed by atoms with Gasteiger partial charge < -0.3 is 19.2 Å². The number of aldehydes is 1. The summed E-state index contributed by atoms with van der Waals surface area (Å²) in [5, 5.41) is 0. The molecule has 1 aliphatic heterocycles. The van der Waals surface area contributed by atoms with Crippen LogP contribution in [0.1, 0.15) is 47.0 Å². The van der Waals surface area contributed by atoms with Gasteiger partial charge in [0.2, 0.25) is 0 Å². The van der Waals surface area contributed by atoms with Crippen LogP contribution in [0.2, 0.25) is 0 Å². The molecule has 122 valence electrons. The number of methoxy groups -OCH3 is 1. The predicted molar refractivity (Wildman–Crippen MR) is 83.4 cm³/mol. The highest BCUT2D eigenvalue weighted by Gasteiger charge is 2.24. The van der Waals surface area contributed by atoms with Gasteiger partial charge in [-0.05, 0) is 47.0 Å². The van der Waals surface area contributed by atoms with Crippen molar-refractivity contribution in [3.63, 3.8) is 0 Å². The van der Waals surface area contributed by atoms with Gasteiger partial charge in [0.1, 0.15) is 11.9 Å². The first kappa shape index (κ1) is 19.6. The Hall–Kier alpha value is -1.36. The van der Waals surface area contributed by atoms with E-state index in [0.29, 0.717) is 0 Å². The molecule has 1 amide bonds. The van der Waals surface area contributed by atoms with Gasteiger partial charge in [0.05, 0.1) is 0 Å². The van der Waals surface area contributed by atoms with Gasteiger partial charge in [0.25, 0.3) is 0 Å². The molecular formula is C16H29NO4. The zero-order valence-corrected chi connectivity index (χ0v) is 14.0. The Bertz CT molecular complexity index is 335. The van der Waals surface area contributed by atoms with Crippen molar-refractivity contribution in [2.75, 3.05) is 26.8 Å². The number of amides is 1. The van der Waals surface area contributed by atoms with Crippen LogP contribution in [-0.4, -0.2) is 49.7 Å². The first-order valence-electron chi connectivity index (χ1n) is 7.38. The number of nitrogens with zero attached hydrogens (tertiary/aromatic N) is 1. The van der Waals surface area contributed by atoms with Crippen LogP contribution < -0.4 is 0 Å². The van der Waals surface area contributed by atoms with E-state index in [9.17, 15) is 4.79 Å². The Balaban J connectivity index is 0.00000122. The minimum Gasteiger partial charge on any atom is -0.444 e. The minimum absolute atomic E-state index is 0.196. The molecule has 1 heterocycles. The standard InChI is InChI=1S/C14H25NO3.C2H4O/c1-14(2,3)18-13(16)15-9-7-12(8-10-15)6-5-11-17-4;1-2-3/h6H,5,7-11H2,1-4H3;2H,1H3. The second-order valence-corrected chi connectivity index (χ2v) is 5.85. The van der Waals surface area contributed by atoms with Crippen LogP contribution in [0, 0.1) is 0 Å². The smallest absolute Gasteiger partial charge is 0.410 e. The Kier molecular flexibility index (Phi) is 9.71. The summed E-state index contributed by atoms with van der Waals surface area (Å²) in [7, 11) is 1.71. The zero-order valence-electron chi connectivity index (χ0n) is 14.0. The van der Waals surface area contributed by atoms with Gasteiger partial charge >= 0.3 is 6.09 Å². The molecule has 0 saturated carbocycles. The average Bonchev–Trinajstić information content (AvgIpc) is 2.39. The van der Waals surface area contributed by atoms with E-state index in [1.165, 1.54) is 12.5 Å². The van der Waals surface area contributed by atoms with Gasteiger partial charge in [0.15, 0.2) is 0 Å². The van der Waals surface area contributed by atoms with Crippen LogP contribution in [0.5, 0.6) is 0 Å². The van der Waals surface area contributed by atoms with E-state index in [1.54, 1.807) is 12.0 Å². The Labute approximate surface area is 128 Å². The molecule has 0 spiro atoms. The van der Waals surface area contributed by atoms with Crippen molar-refractivity contribution in [2.45, 2.75) is 52.6 Å². The molecule has 5 nitrogen and oxygen atoms in total. The topological polar surface area (TPSA) is 55.8 Å². The number of rotatable bonds is 3. The van der Waals surface area contributed by atoms with Crippen LogP contribution in [-0.2, 0) is 14.3 Å². The maximum absolute atomic E-state index is 11.8. The number of hydrogen-bond donors (Lipinski definition) is 0. The number of ether oxygens (including phenoxy) is 2. The first-order valence-corrected chi connectivity index (χ1v) is 7.38. The van der Waals surface area contributed by atoms with Gasteiger partial charge in [0, 0.05) is 26.8 Å². The van der Waals surface area contributed by atoms with Crippen molar-refractivity contribution in [1.29, 1.82) is 0 Å². The molecular weight excluding hydrogens is 270 g/mol. The summed E-state index contributed by atoms with van der Waals surface area (Å²) < 4.78 is 10.4. The SMILES string of the molecule is CC=O.COCCC=C1CCN(C(=O)OC(C)(C)C)CC1. The molecule has 0 N–H and O–H groups in total. The molecule has 1 saturated heterocycles. The van der Waals surface area contributed by atoms with E-state index in [-0.39, 0.29) is 6.09 Å². The summed E-state index contributed by atoms with van der Waals surface area (Å²) in [6, 6.07) is 0. The lowest BCUT2D eigenvalue weighted by molar-refractivity contribution is -0.106. The van der Waals surface area contributed by atoms with E-state index in [0.717, 1.165) is 45.2 Å². The van der Waals surface area contributed by atoms with E-state index in [4.69, 9.17) is 14.3 Å². The molecule has 0 aliphatic carbocycles. The van der Waals surface area contributed by atoms with E-state index < -0.39 is 5.60 Å². The highest BCUT2D eigenvalue weighted by molar-refractivity contribution is 5.68. The highest BCUT2D eigenvalue weighted by Crippen LogP contribution is 2.19. The van der Waals surface area contributed by atoms with Gasteiger partial charge in [-0.3, -0.25) is 0 Å². The monoisotopic (exact) mass is 299 g/mol. The number of likely N-dealkylation sites (tertiary alicyclic amines) is 1. The van der Waals surface area contributed by atoms with Gasteiger partial charge in [-0.15, -0.1) is 0 Å². The molecule has 0 aromatic carbocycles. The summed E-state index contributed by atoms with van der Waals surface area (Å²) in [5.41, 5.74) is 1.01. The molecule has 0 bridgehead atoms. The lowest BCUT2D eigenvalue weighted by Gasteiger charge is -2.31. The summed E-state index contributed by atoms with van der Waals surface area (Å²) in [6.07, 6.45) is 5.64. The normalized spacial score (nSPS) is 14.9. The Morgan fingerprint density at radius 2 is 1.81 bits per heavy atom. The predicted octanol–water partition coefficient (Wildman–Crippen LogP) is 3.19. The molecule has 0 atom stereocenters. The van der Waals surface area contributed by atoms with Crippen LogP contribution in [0.15, 0.2) is 11.6 Å². The van der Waals surface area contributed by atoms with Crippen molar-refractivity contribution in [3.8, 4) is 0 Å². The fourth-order valence-electron chi connectivity index (χ4n) is 1.89. The molecule has 5 heteroatoms. The van der Waals surface area contributed by atoms with Crippen molar-refractivity contribution < 1.29 is 19.1 Å². The number of carbonyl (C=O) groups excluding carboxylic acids is 2. The van der Waals surface area contributed by atoms with Crippen molar-refractivity contribution in [2.24, 2.45) is 0 Å². The van der Waals surface area contributed by atoms with Crippen LogP contribution in [0.25, 0.3) is 0 Å². The number of carbonyl (C=O) groups is 2. The maximum atomic E-state index is 11.8. The van der Waals surface area contributed by atoms with Gasteiger partial charge in [-0.25, -0.2) is 4.79 Å². The number of piperidine rings is 1. The summed E-state index contributed by atoms with van der Waals surface area (Å²) in [5.74, 6) is 0. The third-order valence-corrected chi connectivity index (χ3v) is 2.81. The first-order chi connectivity index (χ1) is 9.84. The summed E-state index contributed by atoms with van der Waals surface area (Å²) in [4.78, 5) is 22.4. The summed E-state index contributed by atoms with van der Waals surface area (Å²) in [6.45, 7) is 9.40. The zero-order chi connectivity index (χ0) is 16.3. The van der Waals surface area contributed by atoms with Crippen molar-refractivity contribution in [1.82, 2.24) is 4.90 Å². The molecule has 0 aromatic rings. The van der Waals surface area contributed by atoms with Crippen LogP contribution in [0.4, 0.5) is 4.79 Å². The Morgan fingerprint density at radius 3 is 2.24 bits per heavy atom. The molecule has 1 fully saturated rings. The highest BCUT2D eigenvalue weighted by atomic mass is 16.6. The molecule has 1 rings (SSSR count). The Morgan fingerprint density at radius 1 is 1.29 bits per heavy atom.